The summed E-state index contributed by atoms with van der Waals surface area (Å²) in [7, 11) is 0. The Balaban J connectivity index is 0.00000169. The second kappa shape index (κ2) is 8.01. The van der Waals surface area contributed by atoms with Crippen molar-refractivity contribution < 1.29 is 0 Å². The zero-order valence-electron chi connectivity index (χ0n) is 13.5. The lowest BCUT2D eigenvalue weighted by Gasteiger charge is -2.35. The zero-order valence-corrected chi connectivity index (χ0v) is 17.4. The number of thiophene rings is 1. The van der Waals surface area contributed by atoms with E-state index < -0.39 is 0 Å². The molecular formula is C16H22IN5S2. The number of guanidine groups is 1. The fraction of sp³-hybridized carbons (Fsp3) is 0.500. The molecule has 3 heterocycles. The highest BCUT2D eigenvalue weighted by Crippen LogP contribution is 2.30. The molecule has 0 amide bonds. The van der Waals surface area contributed by atoms with E-state index in [1.54, 1.807) is 16.2 Å². The van der Waals surface area contributed by atoms with Crippen molar-refractivity contribution in [3.8, 4) is 0 Å². The molecule has 2 aromatic rings. The molecule has 0 aromatic carbocycles. The molecule has 0 bridgehead atoms. The minimum absolute atomic E-state index is 0. The van der Waals surface area contributed by atoms with Gasteiger partial charge >= 0.3 is 0 Å². The summed E-state index contributed by atoms with van der Waals surface area (Å²) in [6.45, 7) is 4.45. The molecule has 1 fully saturated rings. The molecule has 130 valence electrons. The summed E-state index contributed by atoms with van der Waals surface area (Å²) in [4.78, 5) is 16.4. The lowest BCUT2D eigenvalue weighted by atomic mass is 10.2. The topological polar surface area (TPSA) is 57.8 Å². The van der Waals surface area contributed by atoms with Crippen molar-refractivity contribution in [1.82, 2.24) is 9.88 Å². The maximum Gasteiger partial charge on any atom is 0.191 e. The Kier molecular flexibility index (Phi) is 5.98. The maximum absolute atomic E-state index is 6.20. The Hall–Kier alpha value is -0.870. The van der Waals surface area contributed by atoms with Gasteiger partial charge in [0.15, 0.2) is 11.1 Å². The largest absolute Gasteiger partial charge is 0.370 e. The Bertz CT molecular complexity index is 668. The van der Waals surface area contributed by atoms with E-state index in [4.69, 9.17) is 5.73 Å². The normalized spacial score (nSPS) is 17.8. The van der Waals surface area contributed by atoms with Crippen molar-refractivity contribution in [2.75, 3.05) is 31.1 Å². The van der Waals surface area contributed by atoms with Crippen LogP contribution in [0.15, 0.2) is 22.6 Å². The number of halogens is 1. The maximum atomic E-state index is 6.20. The van der Waals surface area contributed by atoms with Crippen LogP contribution in [-0.4, -0.2) is 42.0 Å². The first kappa shape index (κ1) is 17.9. The molecule has 4 rings (SSSR count). The summed E-state index contributed by atoms with van der Waals surface area (Å²) in [6, 6.07) is 2.32. The smallest absolute Gasteiger partial charge is 0.191 e. The van der Waals surface area contributed by atoms with Crippen LogP contribution >= 0.6 is 46.7 Å². The molecule has 24 heavy (non-hydrogen) atoms. The van der Waals surface area contributed by atoms with Gasteiger partial charge in [-0.25, -0.2) is 9.98 Å². The SMILES string of the molecule is I.NC(=NCc1cc2c(s1)CCC2)N1CCN(c2nccs2)CC1. The van der Waals surface area contributed by atoms with E-state index in [-0.39, 0.29) is 24.0 Å². The predicted molar refractivity (Wildman–Crippen MR) is 113 cm³/mol. The standard InChI is InChI=1S/C16H21N5S2.HI/c17-15(19-11-13-10-12-2-1-3-14(12)23-13)20-5-7-21(8-6-20)16-18-4-9-22-16;/h4,9-10H,1-3,5-8,11H2,(H2,17,19);1H. The van der Waals surface area contributed by atoms with E-state index in [2.05, 4.69) is 25.8 Å². The molecule has 8 heteroatoms. The van der Waals surface area contributed by atoms with Crippen molar-refractivity contribution in [2.24, 2.45) is 10.7 Å². The number of nitrogens with two attached hydrogens (primary N) is 1. The van der Waals surface area contributed by atoms with E-state index in [9.17, 15) is 0 Å². The number of hydrogen-bond acceptors (Lipinski definition) is 5. The summed E-state index contributed by atoms with van der Waals surface area (Å²) in [6.07, 6.45) is 5.67. The fourth-order valence-electron chi connectivity index (χ4n) is 3.23. The third kappa shape index (κ3) is 3.85. The van der Waals surface area contributed by atoms with E-state index in [1.807, 2.05) is 22.9 Å². The molecule has 2 N–H and O–H groups in total. The van der Waals surface area contributed by atoms with Crippen molar-refractivity contribution in [3.05, 3.63) is 33.0 Å². The second-order valence-electron chi connectivity index (χ2n) is 5.98. The van der Waals surface area contributed by atoms with Gasteiger partial charge in [0.2, 0.25) is 0 Å². The van der Waals surface area contributed by atoms with E-state index in [0.717, 1.165) is 37.9 Å². The van der Waals surface area contributed by atoms with Crippen molar-refractivity contribution in [3.63, 3.8) is 0 Å². The summed E-state index contributed by atoms with van der Waals surface area (Å²) in [5.41, 5.74) is 7.74. The van der Waals surface area contributed by atoms with Crippen LogP contribution in [0.1, 0.15) is 21.7 Å². The van der Waals surface area contributed by atoms with Gasteiger partial charge in [0, 0.05) is 47.5 Å². The second-order valence-corrected chi connectivity index (χ2v) is 8.07. The van der Waals surface area contributed by atoms with Gasteiger partial charge < -0.3 is 15.5 Å². The van der Waals surface area contributed by atoms with Crippen molar-refractivity contribution >= 4 is 57.7 Å². The number of thiazole rings is 1. The molecule has 1 aliphatic carbocycles. The number of hydrogen-bond donors (Lipinski definition) is 1. The molecule has 0 spiro atoms. The minimum Gasteiger partial charge on any atom is -0.370 e. The lowest BCUT2D eigenvalue weighted by molar-refractivity contribution is 0.380. The summed E-state index contributed by atoms with van der Waals surface area (Å²) >= 11 is 3.61. The van der Waals surface area contributed by atoms with Crippen molar-refractivity contribution in [2.45, 2.75) is 25.8 Å². The number of aliphatic imine (C=N–C) groups is 1. The first-order chi connectivity index (χ1) is 11.3. The van der Waals surface area contributed by atoms with Crippen LogP contribution in [0.5, 0.6) is 0 Å². The molecule has 1 saturated heterocycles. The third-order valence-electron chi connectivity index (χ3n) is 4.49. The quantitative estimate of drug-likeness (QED) is 0.422. The van der Waals surface area contributed by atoms with Crippen LogP contribution in [0.2, 0.25) is 0 Å². The van der Waals surface area contributed by atoms with Crippen LogP contribution in [0.3, 0.4) is 0 Å². The van der Waals surface area contributed by atoms with Crippen LogP contribution in [0, 0.1) is 0 Å². The van der Waals surface area contributed by atoms with Gasteiger partial charge in [0.25, 0.3) is 0 Å². The molecule has 5 nitrogen and oxygen atoms in total. The van der Waals surface area contributed by atoms with Gasteiger partial charge in [-0.15, -0.1) is 46.7 Å². The molecule has 0 unspecified atom stereocenters. The lowest BCUT2D eigenvalue weighted by Crippen LogP contribution is -2.51. The predicted octanol–water partition coefficient (Wildman–Crippen LogP) is 2.95. The van der Waals surface area contributed by atoms with E-state index >= 15 is 0 Å². The van der Waals surface area contributed by atoms with E-state index in [0.29, 0.717) is 5.96 Å². The fourth-order valence-corrected chi connectivity index (χ4v) is 5.11. The van der Waals surface area contributed by atoms with Gasteiger partial charge in [-0.2, -0.15) is 0 Å². The zero-order chi connectivity index (χ0) is 15.6. The number of aryl methyl sites for hydroxylation is 2. The van der Waals surface area contributed by atoms with Gasteiger partial charge in [0.05, 0.1) is 6.54 Å². The van der Waals surface area contributed by atoms with E-state index in [1.165, 1.54) is 29.7 Å². The average Bonchev–Trinajstić information content (AvgIpc) is 3.29. The highest BCUT2D eigenvalue weighted by atomic mass is 127. The number of aromatic nitrogens is 1. The molecule has 2 aromatic heterocycles. The first-order valence-electron chi connectivity index (χ1n) is 8.09. The molecule has 0 atom stereocenters. The molecule has 2 aliphatic rings. The van der Waals surface area contributed by atoms with Gasteiger partial charge in [-0.1, -0.05) is 0 Å². The van der Waals surface area contributed by atoms with Crippen LogP contribution in [0.25, 0.3) is 0 Å². The third-order valence-corrected chi connectivity index (χ3v) is 6.54. The summed E-state index contributed by atoms with van der Waals surface area (Å²) in [5, 5.41) is 3.13. The molecular weight excluding hydrogens is 453 g/mol. The Morgan fingerprint density at radius 1 is 1.25 bits per heavy atom. The first-order valence-corrected chi connectivity index (χ1v) is 9.79. The minimum atomic E-state index is 0. The van der Waals surface area contributed by atoms with Crippen LogP contribution in [0.4, 0.5) is 5.13 Å². The number of rotatable bonds is 3. The summed E-state index contributed by atoms with van der Waals surface area (Å²) < 4.78 is 0. The van der Waals surface area contributed by atoms with Crippen LogP contribution < -0.4 is 10.6 Å². The average molecular weight is 475 g/mol. The molecule has 1 aliphatic heterocycles. The number of fused-ring (bicyclic) bond motifs is 1. The monoisotopic (exact) mass is 475 g/mol. The number of nitrogens with zero attached hydrogens (tertiary/aromatic N) is 4. The highest BCUT2D eigenvalue weighted by Gasteiger charge is 2.20. The Morgan fingerprint density at radius 3 is 2.79 bits per heavy atom. The highest BCUT2D eigenvalue weighted by molar-refractivity contribution is 14.0. The Morgan fingerprint density at radius 2 is 2.08 bits per heavy atom. The number of piperazine rings is 1. The van der Waals surface area contributed by atoms with Gasteiger partial charge in [-0.05, 0) is 30.9 Å². The Labute approximate surface area is 167 Å². The summed E-state index contributed by atoms with van der Waals surface area (Å²) in [5.74, 6) is 0.678. The number of anilines is 1. The molecule has 0 radical (unpaired) electrons. The van der Waals surface area contributed by atoms with Gasteiger partial charge in [0.1, 0.15) is 0 Å². The van der Waals surface area contributed by atoms with Gasteiger partial charge in [-0.3, -0.25) is 0 Å². The van der Waals surface area contributed by atoms with Crippen molar-refractivity contribution in [1.29, 1.82) is 0 Å². The molecule has 0 saturated carbocycles. The van der Waals surface area contributed by atoms with Crippen LogP contribution in [-0.2, 0) is 19.4 Å².